The molecule has 19 heavy (non-hydrogen) atoms. The molecule has 2 aromatic rings. The molecular weight excluding hydrogens is 309 g/mol. The summed E-state index contributed by atoms with van der Waals surface area (Å²) in [5.41, 5.74) is 1.29. The summed E-state index contributed by atoms with van der Waals surface area (Å²) in [6, 6.07) is 10.5. The van der Waals surface area contributed by atoms with E-state index >= 15 is 0 Å². The zero-order valence-corrected chi connectivity index (χ0v) is 12.0. The number of rotatable bonds is 4. The van der Waals surface area contributed by atoms with Crippen molar-refractivity contribution in [3.8, 4) is 11.6 Å². The van der Waals surface area contributed by atoms with Crippen LogP contribution in [0.4, 0.5) is 0 Å². The van der Waals surface area contributed by atoms with E-state index in [1.54, 1.807) is 18.2 Å². The fourth-order valence-electron chi connectivity index (χ4n) is 1.37. The molecular formula is C13H10Cl3NO2. The fourth-order valence-corrected chi connectivity index (χ4v) is 1.65. The number of aromatic nitrogens is 1. The second kappa shape index (κ2) is 7.34. The zero-order chi connectivity index (χ0) is 13.0. The van der Waals surface area contributed by atoms with Gasteiger partial charge >= 0.3 is 0 Å². The Balaban J connectivity index is 0.00000180. The number of benzene rings is 1. The molecule has 0 saturated heterocycles. The van der Waals surface area contributed by atoms with Crippen LogP contribution in [-0.2, 0) is 5.88 Å². The second-order valence-corrected chi connectivity index (χ2v) is 4.15. The Morgan fingerprint density at radius 1 is 1.26 bits per heavy atom. The first-order chi connectivity index (χ1) is 8.69. The highest BCUT2D eigenvalue weighted by Gasteiger charge is 2.04. The number of hydrogen-bond acceptors (Lipinski definition) is 3. The Morgan fingerprint density at radius 2 is 2.05 bits per heavy atom. The second-order valence-electron chi connectivity index (χ2n) is 3.54. The molecule has 0 spiro atoms. The Hall–Kier alpha value is -1.29. The van der Waals surface area contributed by atoms with Crippen molar-refractivity contribution in [2.24, 2.45) is 0 Å². The fraction of sp³-hybridized carbons (Fsp3) is 0.0769. The highest BCUT2D eigenvalue weighted by Crippen LogP contribution is 2.21. The summed E-state index contributed by atoms with van der Waals surface area (Å²) in [4.78, 5) is 14.9. The standard InChI is InChI=1S/C13H9Cl2NO2.ClH/c14-7-9-2-1-3-11(6-9)18-12-5-4-10(8-16-12)13(15)17;/h1-6,8H,7H2;1H. The van der Waals surface area contributed by atoms with E-state index in [0.717, 1.165) is 5.56 Å². The highest BCUT2D eigenvalue weighted by atomic mass is 35.5. The predicted molar refractivity (Wildman–Crippen MR) is 77.7 cm³/mol. The summed E-state index contributed by atoms with van der Waals surface area (Å²) in [6.07, 6.45) is 1.37. The van der Waals surface area contributed by atoms with Crippen molar-refractivity contribution < 1.29 is 9.53 Å². The van der Waals surface area contributed by atoms with Gasteiger partial charge in [-0.25, -0.2) is 4.98 Å². The Bertz CT molecular complexity index is 558. The van der Waals surface area contributed by atoms with Crippen LogP contribution in [0.3, 0.4) is 0 Å². The van der Waals surface area contributed by atoms with Gasteiger partial charge in [0, 0.05) is 18.1 Å². The summed E-state index contributed by atoms with van der Waals surface area (Å²) in [7, 11) is 0. The third kappa shape index (κ3) is 4.39. The minimum atomic E-state index is -0.543. The van der Waals surface area contributed by atoms with Gasteiger partial charge < -0.3 is 4.74 Å². The van der Waals surface area contributed by atoms with Crippen molar-refractivity contribution in [2.45, 2.75) is 5.88 Å². The van der Waals surface area contributed by atoms with Gasteiger partial charge in [-0.15, -0.1) is 24.0 Å². The van der Waals surface area contributed by atoms with E-state index in [9.17, 15) is 4.79 Å². The van der Waals surface area contributed by atoms with Crippen molar-refractivity contribution in [1.82, 2.24) is 4.98 Å². The third-order valence-electron chi connectivity index (χ3n) is 2.24. The van der Waals surface area contributed by atoms with Crippen LogP contribution in [0.2, 0.25) is 0 Å². The van der Waals surface area contributed by atoms with Crippen molar-refractivity contribution in [2.75, 3.05) is 0 Å². The van der Waals surface area contributed by atoms with Gasteiger partial charge in [-0.1, -0.05) is 12.1 Å². The topological polar surface area (TPSA) is 39.2 Å². The molecule has 0 aliphatic heterocycles. The van der Waals surface area contributed by atoms with Crippen LogP contribution in [0.25, 0.3) is 0 Å². The SMILES string of the molecule is Cl.O=C(Cl)c1ccc(Oc2cccc(CCl)c2)nc1. The van der Waals surface area contributed by atoms with Gasteiger partial charge in [0.2, 0.25) is 5.88 Å². The number of pyridine rings is 1. The Labute approximate surface area is 126 Å². The molecule has 0 saturated carbocycles. The van der Waals surface area contributed by atoms with Crippen LogP contribution in [0.5, 0.6) is 11.6 Å². The monoisotopic (exact) mass is 317 g/mol. The quantitative estimate of drug-likeness (QED) is 0.619. The molecule has 1 heterocycles. The smallest absolute Gasteiger partial charge is 0.253 e. The summed E-state index contributed by atoms with van der Waals surface area (Å²) in [6.45, 7) is 0. The lowest BCUT2D eigenvalue weighted by atomic mass is 10.2. The van der Waals surface area contributed by atoms with Gasteiger partial charge in [0.15, 0.2) is 0 Å². The molecule has 6 heteroatoms. The first-order valence-electron chi connectivity index (χ1n) is 5.17. The van der Waals surface area contributed by atoms with Gasteiger partial charge in [0.1, 0.15) is 5.75 Å². The molecule has 100 valence electrons. The average Bonchev–Trinajstić information content (AvgIpc) is 2.39. The predicted octanol–water partition coefficient (Wildman–Crippen LogP) is 4.41. The number of halogens is 3. The van der Waals surface area contributed by atoms with Gasteiger partial charge in [0.25, 0.3) is 5.24 Å². The molecule has 3 nitrogen and oxygen atoms in total. The van der Waals surface area contributed by atoms with Crippen LogP contribution >= 0.6 is 35.6 Å². The van der Waals surface area contributed by atoms with E-state index in [0.29, 0.717) is 23.1 Å². The highest BCUT2D eigenvalue weighted by molar-refractivity contribution is 6.67. The van der Waals surface area contributed by atoms with Gasteiger partial charge in [-0.05, 0) is 35.4 Å². The van der Waals surface area contributed by atoms with E-state index in [4.69, 9.17) is 27.9 Å². The molecule has 1 aromatic carbocycles. The normalized spacial score (nSPS) is 9.58. The molecule has 0 unspecified atom stereocenters. The van der Waals surface area contributed by atoms with Crippen LogP contribution in [-0.4, -0.2) is 10.2 Å². The molecule has 0 amide bonds. The molecule has 0 radical (unpaired) electrons. The van der Waals surface area contributed by atoms with E-state index in [2.05, 4.69) is 4.98 Å². The summed E-state index contributed by atoms with van der Waals surface area (Å²) in [5.74, 6) is 1.46. The van der Waals surface area contributed by atoms with E-state index in [-0.39, 0.29) is 12.4 Å². The molecule has 0 aliphatic rings. The maximum Gasteiger partial charge on any atom is 0.253 e. The minimum absolute atomic E-state index is 0. The molecule has 0 atom stereocenters. The van der Waals surface area contributed by atoms with Crippen molar-refractivity contribution in [3.63, 3.8) is 0 Å². The van der Waals surface area contributed by atoms with E-state index in [1.807, 2.05) is 18.2 Å². The minimum Gasteiger partial charge on any atom is -0.439 e. The van der Waals surface area contributed by atoms with E-state index in [1.165, 1.54) is 6.20 Å². The molecule has 1 aromatic heterocycles. The van der Waals surface area contributed by atoms with Crippen LogP contribution in [0.1, 0.15) is 15.9 Å². The van der Waals surface area contributed by atoms with Crippen molar-refractivity contribution >= 4 is 40.9 Å². The molecule has 0 bridgehead atoms. The Morgan fingerprint density at radius 3 is 2.63 bits per heavy atom. The molecule has 0 fully saturated rings. The zero-order valence-electron chi connectivity index (χ0n) is 9.68. The number of hydrogen-bond donors (Lipinski definition) is 0. The lowest BCUT2D eigenvalue weighted by Gasteiger charge is -2.05. The number of alkyl halides is 1. The summed E-state index contributed by atoms with van der Waals surface area (Å²) in [5, 5.41) is -0.543. The molecule has 2 rings (SSSR count). The first kappa shape index (κ1) is 15.8. The maximum atomic E-state index is 10.9. The number of carbonyl (C=O) groups excluding carboxylic acids is 1. The van der Waals surface area contributed by atoms with Gasteiger partial charge in [-0.2, -0.15) is 0 Å². The largest absolute Gasteiger partial charge is 0.439 e. The average molecular weight is 319 g/mol. The number of ether oxygens (including phenoxy) is 1. The van der Waals surface area contributed by atoms with Crippen LogP contribution < -0.4 is 4.74 Å². The molecule has 0 aliphatic carbocycles. The maximum absolute atomic E-state index is 10.9. The number of carbonyl (C=O) groups is 1. The van der Waals surface area contributed by atoms with Gasteiger partial charge in [0.05, 0.1) is 5.56 Å². The summed E-state index contributed by atoms with van der Waals surface area (Å²) < 4.78 is 5.53. The van der Waals surface area contributed by atoms with Crippen molar-refractivity contribution in [1.29, 1.82) is 0 Å². The van der Waals surface area contributed by atoms with Crippen LogP contribution in [0, 0.1) is 0 Å². The first-order valence-corrected chi connectivity index (χ1v) is 6.09. The van der Waals surface area contributed by atoms with Gasteiger partial charge in [-0.3, -0.25) is 4.79 Å². The molecule has 0 N–H and O–H groups in total. The third-order valence-corrected chi connectivity index (χ3v) is 2.77. The number of nitrogens with zero attached hydrogens (tertiary/aromatic N) is 1. The lowest BCUT2D eigenvalue weighted by molar-refractivity contribution is 0.108. The van der Waals surface area contributed by atoms with E-state index < -0.39 is 5.24 Å². The Kier molecular flexibility index (Phi) is 6.09. The van der Waals surface area contributed by atoms with Crippen LogP contribution in [0.15, 0.2) is 42.6 Å². The lowest BCUT2D eigenvalue weighted by Crippen LogP contribution is -1.93. The van der Waals surface area contributed by atoms with Crippen molar-refractivity contribution in [3.05, 3.63) is 53.7 Å². The summed E-state index contributed by atoms with van der Waals surface area (Å²) >= 11 is 11.1.